The highest BCUT2D eigenvalue weighted by Crippen LogP contribution is 2.22. The summed E-state index contributed by atoms with van der Waals surface area (Å²) in [7, 11) is 0. The number of halogens is 1. The minimum Gasteiger partial charge on any atom is -0.369 e. The van der Waals surface area contributed by atoms with Gasteiger partial charge in [0, 0.05) is 17.3 Å². The summed E-state index contributed by atoms with van der Waals surface area (Å²) in [6.45, 7) is 6.70. The van der Waals surface area contributed by atoms with Crippen molar-refractivity contribution >= 4 is 29.1 Å². The molecule has 0 aromatic heterocycles. The Bertz CT molecular complexity index is 518. The molecule has 0 fully saturated rings. The molecule has 116 valence electrons. The number of carbonyl (C=O) groups excluding carboxylic acids is 2. The number of hydrogen-bond donors (Lipinski definition) is 2. The van der Waals surface area contributed by atoms with Crippen LogP contribution in [0.2, 0.25) is 5.02 Å². The third-order valence-corrected chi connectivity index (χ3v) is 3.32. The van der Waals surface area contributed by atoms with Gasteiger partial charge in [0.05, 0.1) is 13.1 Å². The molecule has 0 aliphatic heterocycles. The van der Waals surface area contributed by atoms with Crippen LogP contribution in [0.4, 0.5) is 5.69 Å². The molecule has 0 saturated carbocycles. The lowest BCUT2D eigenvalue weighted by Crippen LogP contribution is -2.41. The van der Waals surface area contributed by atoms with Gasteiger partial charge in [-0.05, 0) is 30.5 Å². The van der Waals surface area contributed by atoms with Crippen molar-refractivity contribution in [1.29, 1.82) is 0 Å². The van der Waals surface area contributed by atoms with E-state index in [9.17, 15) is 9.59 Å². The lowest BCUT2D eigenvalue weighted by Gasteiger charge is -2.22. The minimum absolute atomic E-state index is 0.0696. The number of anilines is 1. The highest BCUT2D eigenvalue weighted by atomic mass is 35.5. The molecule has 3 N–H and O–H groups in total. The van der Waals surface area contributed by atoms with Crippen molar-refractivity contribution in [2.75, 3.05) is 25.0 Å². The second-order valence-electron chi connectivity index (χ2n) is 5.49. The predicted molar refractivity (Wildman–Crippen MR) is 85.3 cm³/mol. The lowest BCUT2D eigenvalue weighted by molar-refractivity contribution is -0.121. The maximum Gasteiger partial charge on any atom is 0.238 e. The molecule has 0 heterocycles. The van der Waals surface area contributed by atoms with Gasteiger partial charge in [0.25, 0.3) is 0 Å². The van der Waals surface area contributed by atoms with Crippen molar-refractivity contribution < 1.29 is 9.59 Å². The van der Waals surface area contributed by atoms with Crippen LogP contribution < -0.4 is 11.1 Å². The molecular weight excluding hydrogens is 290 g/mol. The highest BCUT2D eigenvalue weighted by Gasteiger charge is 2.15. The smallest absolute Gasteiger partial charge is 0.238 e. The van der Waals surface area contributed by atoms with E-state index in [1.54, 1.807) is 23.1 Å². The molecule has 5 nitrogen and oxygen atoms in total. The monoisotopic (exact) mass is 311 g/mol. The van der Waals surface area contributed by atoms with Crippen molar-refractivity contribution in [1.82, 2.24) is 4.90 Å². The van der Waals surface area contributed by atoms with Crippen molar-refractivity contribution in [3.05, 3.63) is 28.8 Å². The molecule has 1 aromatic carbocycles. The quantitative estimate of drug-likeness (QED) is 0.809. The first kappa shape index (κ1) is 17.5. The first-order chi connectivity index (χ1) is 9.79. The molecule has 2 amide bonds. The number of rotatable bonds is 7. The summed E-state index contributed by atoms with van der Waals surface area (Å²) >= 11 is 6.02. The van der Waals surface area contributed by atoms with E-state index in [1.165, 1.54) is 0 Å². The van der Waals surface area contributed by atoms with E-state index < -0.39 is 5.91 Å². The molecular formula is C15H22ClN3O2. The maximum atomic E-state index is 12.1. The third-order valence-electron chi connectivity index (χ3n) is 2.91. The van der Waals surface area contributed by atoms with E-state index >= 15 is 0 Å². The summed E-state index contributed by atoms with van der Waals surface area (Å²) < 4.78 is 0. The van der Waals surface area contributed by atoms with Crippen molar-refractivity contribution in [2.24, 2.45) is 11.7 Å². The summed E-state index contributed by atoms with van der Waals surface area (Å²) in [5, 5.41) is 3.41. The van der Waals surface area contributed by atoms with E-state index in [2.05, 4.69) is 5.32 Å². The molecule has 0 saturated heterocycles. The Balaban J connectivity index is 2.69. The second-order valence-corrected chi connectivity index (χ2v) is 5.90. The number of nitrogens with zero attached hydrogens (tertiary/aromatic N) is 1. The number of nitrogens with one attached hydrogen (secondary N) is 1. The van der Waals surface area contributed by atoms with Crippen molar-refractivity contribution in [3.63, 3.8) is 0 Å². The molecule has 0 aliphatic rings. The maximum absolute atomic E-state index is 12.1. The molecule has 6 heteroatoms. The van der Waals surface area contributed by atoms with Gasteiger partial charge in [-0.2, -0.15) is 0 Å². The topological polar surface area (TPSA) is 75.4 Å². The van der Waals surface area contributed by atoms with Crippen LogP contribution in [0.1, 0.15) is 19.4 Å². The van der Waals surface area contributed by atoms with Crippen molar-refractivity contribution in [3.8, 4) is 0 Å². The Morgan fingerprint density at radius 2 is 2.00 bits per heavy atom. The van der Waals surface area contributed by atoms with E-state index in [1.807, 2.05) is 20.8 Å². The van der Waals surface area contributed by atoms with Gasteiger partial charge in [0.2, 0.25) is 11.8 Å². The molecule has 1 rings (SSSR count). The van der Waals surface area contributed by atoms with Gasteiger partial charge in [0.1, 0.15) is 0 Å². The summed E-state index contributed by atoms with van der Waals surface area (Å²) in [5.41, 5.74) is 6.71. The normalized spacial score (nSPS) is 11.0. The molecule has 21 heavy (non-hydrogen) atoms. The molecule has 0 unspecified atom stereocenters. The van der Waals surface area contributed by atoms with Gasteiger partial charge in [-0.25, -0.2) is 0 Å². The van der Waals surface area contributed by atoms with E-state index in [4.69, 9.17) is 17.3 Å². The van der Waals surface area contributed by atoms with E-state index in [0.29, 0.717) is 23.2 Å². The fraction of sp³-hybridized carbons (Fsp3) is 0.467. The minimum atomic E-state index is -0.442. The summed E-state index contributed by atoms with van der Waals surface area (Å²) in [5.74, 6) is -0.297. The van der Waals surface area contributed by atoms with Crippen LogP contribution in [0.25, 0.3) is 0 Å². The largest absolute Gasteiger partial charge is 0.369 e. The van der Waals surface area contributed by atoms with Crippen LogP contribution in [-0.4, -0.2) is 36.3 Å². The Morgan fingerprint density at radius 1 is 1.33 bits per heavy atom. The average molecular weight is 312 g/mol. The summed E-state index contributed by atoms with van der Waals surface area (Å²) in [4.78, 5) is 24.9. The van der Waals surface area contributed by atoms with Gasteiger partial charge in [-0.3, -0.25) is 14.5 Å². The SMILES string of the molecule is Cc1c(Cl)cccc1NC(=O)CN(CC(N)=O)CC(C)C. The third kappa shape index (κ3) is 6.14. The fourth-order valence-electron chi connectivity index (χ4n) is 2.06. The van der Waals surface area contributed by atoms with Gasteiger partial charge in [-0.15, -0.1) is 0 Å². The number of benzene rings is 1. The van der Waals surface area contributed by atoms with Crippen LogP contribution in [-0.2, 0) is 9.59 Å². The Kier molecular flexibility index (Phi) is 6.65. The van der Waals surface area contributed by atoms with Crippen LogP contribution in [0.3, 0.4) is 0 Å². The van der Waals surface area contributed by atoms with Crippen LogP contribution >= 0.6 is 11.6 Å². The summed E-state index contributed by atoms with van der Waals surface area (Å²) in [6, 6.07) is 5.34. The van der Waals surface area contributed by atoms with Crippen LogP contribution in [0.15, 0.2) is 18.2 Å². The zero-order valence-corrected chi connectivity index (χ0v) is 13.4. The number of hydrogen-bond acceptors (Lipinski definition) is 3. The Labute approximate surface area is 130 Å². The zero-order valence-electron chi connectivity index (χ0n) is 12.6. The van der Waals surface area contributed by atoms with Gasteiger partial charge < -0.3 is 11.1 Å². The first-order valence-corrected chi connectivity index (χ1v) is 7.23. The molecule has 0 aliphatic carbocycles. The molecule has 1 aromatic rings. The number of primary amides is 1. The fourth-order valence-corrected chi connectivity index (χ4v) is 2.23. The first-order valence-electron chi connectivity index (χ1n) is 6.85. The van der Waals surface area contributed by atoms with E-state index in [-0.39, 0.29) is 19.0 Å². The lowest BCUT2D eigenvalue weighted by atomic mass is 10.2. The second kappa shape index (κ2) is 8.00. The summed E-state index contributed by atoms with van der Waals surface area (Å²) in [6.07, 6.45) is 0. The zero-order chi connectivity index (χ0) is 16.0. The standard InChI is InChI=1S/C15H22ClN3O2/c1-10(2)7-19(8-14(17)20)9-15(21)18-13-6-4-5-12(16)11(13)3/h4-6,10H,7-9H2,1-3H3,(H2,17,20)(H,18,21). The van der Waals surface area contributed by atoms with Gasteiger partial charge >= 0.3 is 0 Å². The van der Waals surface area contributed by atoms with Crippen molar-refractivity contribution in [2.45, 2.75) is 20.8 Å². The average Bonchev–Trinajstić information content (AvgIpc) is 2.33. The molecule has 0 radical (unpaired) electrons. The van der Waals surface area contributed by atoms with Gasteiger partial charge in [-0.1, -0.05) is 31.5 Å². The van der Waals surface area contributed by atoms with Gasteiger partial charge in [0.15, 0.2) is 0 Å². The Hall–Kier alpha value is -1.59. The molecule has 0 atom stereocenters. The molecule has 0 spiro atoms. The van der Waals surface area contributed by atoms with Crippen LogP contribution in [0, 0.1) is 12.8 Å². The highest BCUT2D eigenvalue weighted by molar-refractivity contribution is 6.31. The Morgan fingerprint density at radius 3 is 2.57 bits per heavy atom. The number of nitrogens with two attached hydrogens (primary N) is 1. The number of carbonyl (C=O) groups is 2. The predicted octanol–water partition coefficient (Wildman–Crippen LogP) is 2.03. The molecule has 0 bridgehead atoms. The number of amides is 2. The van der Waals surface area contributed by atoms with E-state index in [0.717, 1.165) is 5.56 Å². The van der Waals surface area contributed by atoms with Crippen LogP contribution in [0.5, 0.6) is 0 Å².